The molecule has 2 aliphatic rings. The van der Waals surface area contributed by atoms with E-state index in [4.69, 9.17) is 0 Å². The van der Waals surface area contributed by atoms with Crippen molar-refractivity contribution in [3.05, 3.63) is 53.1 Å². The monoisotopic (exact) mass is 366 g/mol. The van der Waals surface area contributed by atoms with Gasteiger partial charge >= 0.3 is 0 Å². The second-order valence-electron chi connectivity index (χ2n) is 8.22. The number of carbonyl (C=O) groups excluding carboxylic acids is 1. The van der Waals surface area contributed by atoms with Gasteiger partial charge in [-0.1, -0.05) is 55.5 Å². The molecule has 4 rings (SSSR count). The van der Waals surface area contributed by atoms with Crippen molar-refractivity contribution in [1.29, 1.82) is 0 Å². The van der Waals surface area contributed by atoms with Crippen LogP contribution in [0.2, 0.25) is 0 Å². The van der Waals surface area contributed by atoms with Crippen molar-refractivity contribution < 1.29 is 4.79 Å². The van der Waals surface area contributed by atoms with Gasteiger partial charge in [-0.25, -0.2) is 4.98 Å². The van der Waals surface area contributed by atoms with Crippen LogP contribution < -0.4 is 0 Å². The molecule has 1 aliphatic carbocycles. The van der Waals surface area contributed by atoms with Crippen LogP contribution in [0, 0.1) is 12.8 Å². The predicted molar refractivity (Wildman–Crippen MR) is 106 cm³/mol. The first-order chi connectivity index (χ1) is 13.2. The molecule has 2 heterocycles. The average Bonchev–Trinajstić information content (AvgIpc) is 3.30. The molecular formula is C22H30N4O. The van der Waals surface area contributed by atoms with Crippen molar-refractivity contribution in [2.75, 3.05) is 19.6 Å². The lowest BCUT2D eigenvalue weighted by molar-refractivity contribution is -0.136. The van der Waals surface area contributed by atoms with Crippen LogP contribution in [0.1, 0.15) is 48.3 Å². The summed E-state index contributed by atoms with van der Waals surface area (Å²) in [6, 6.07) is 8.42. The van der Waals surface area contributed by atoms with Gasteiger partial charge in [0.1, 0.15) is 5.82 Å². The third-order valence-electron chi connectivity index (χ3n) is 5.89. The molecule has 1 amide bonds. The van der Waals surface area contributed by atoms with Gasteiger partial charge < -0.3 is 9.88 Å². The Balaban J connectivity index is 1.28. The Labute approximate surface area is 161 Å². The highest BCUT2D eigenvalue weighted by molar-refractivity contribution is 5.79. The Morgan fingerprint density at radius 2 is 2.04 bits per heavy atom. The van der Waals surface area contributed by atoms with Crippen LogP contribution in [0.3, 0.4) is 0 Å². The third-order valence-corrected chi connectivity index (χ3v) is 5.89. The molecule has 0 spiro atoms. The number of nitrogens with zero attached hydrogens (tertiary/aromatic N) is 3. The van der Waals surface area contributed by atoms with Gasteiger partial charge in [0.15, 0.2) is 0 Å². The molecule has 27 heavy (non-hydrogen) atoms. The average molecular weight is 367 g/mol. The number of amides is 1. The zero-order chi connectivity index (χ0) is 18.6. The van der Waals surface area contributed by atoms with Crippen molar-refractivity contribution in [3.8, 4) is 0 Å². The van der Waals surface area contributed by atoms with Crippen molar-refractivity contribution in [2.24, 2.45) is 5.92 Å². The van der Waals surface area contributed by atoms with Crippen LogP contribution in [0.5, 0.6) is 0 Å². The van der Waals surface area contributed by atoms with Crippen LogP contribution in [0.15, 0.2) is 30.5 Å². The molecule has 0 bridgehead atoms. The van der Waals surface area contributed by atoms with Crippen molar-refractivity contribution in [2.45, 2.75) is 52.1 Å². The number of carbonyl (C=O) groups is 1. The van der Waals surface area contributed by atoms with Gasteiger partial charge in [0.25, 0.3) is 0 Å². The van der Waals surface area contributed by atoms with E-state index >= 15 is 0 Å². The number of hydrogen-bond donors (Lipinski definition) is 1. The molecule has 0 unspecified atom stereocenters. The predicted octanol–water partition coefficient (Wildman–Crippen LogP) is 3.30. The highest BCUT2D eigenvalue weighted by Crippen LogP contribution is 2.27. The van der Waals surface area contributed by atoms with Crippen LogP contribution >= 0.6 is 0 Å². The van der Waals surface area contributed by atoms with Gasteiger partial charge in [0.2, 0.25) is 5.91 Å². The number of nitrogens with one attached hydrogen (secondary N) is 1. The van der Waals surface area contributed by atoms with Gasteiger partial charge in [-0.15, -0.1) is 0 Å². The van der Waals surface area contributed by atoms with Gasteiger partial charge in [0.05, 0.1) is 6.54 Å². The molecule has 0 radical (unpaired) electrons. The fourth-order valence-electron chi connectivity index (χ4n) is 4.41. The van der Waals surface area contributed by atoms with Gasteiger partial charge in [0, 0.05) is 44.5 Å². The highest BCUT2D eigenvalue weighted by Gasteiger charge is 2.24. The molecule has 0 atom stereocenters. The number of hydrogen-bond acceptors (Lipinski definition) is 3. The first kappa shape index (κ1) is 18.2. The van der Waals surface area contributed by atoms with E-state index in [9.17, 15) is 4.79 Å². The molecule has 1 saturated carbocycles. The third kappa shape index (κ3) is 4.78. The maximum Gasteiger partial charge on any atom is 0.237 e. The zero-order valence-electron chi connectivity index (χ0n) is 16.3. The molecule has 1 aliphatic heterocycles. The SMILES string of the molecule is Cc1cccc(CN2CCN(Cc3cnc(CC4CCCC4)[nH]3)CC2=O)c1. The Morgan fingerprint density at radius 1 is 1.19 bits per heavy atom. The maximum absolute atomic E-state index is 12.6. The van der Waals surface area contributed by atoms with E-state index < -0.39 is 0 Å². The Morgan fingerprint density at radius 3 is 2.81 bits per heavy atom. The maximum atomic E-state index is 12.6. The van der Waals surface area contributed by atoms with E-state index in [2.05, 4.69) is 46.1 Å². The lowest BCUT2D eigenvalue weighted by atomic mass is 10.0. The largest absolute Gasteiger partial charge is 0.345 e. The van der Waals surface area contributed by atoms with E-state index in [1.807, 2.05) is 11.1 Å². The highest BCUT2D eigenvalue weighted by atomic mass is 16.2. The first-order valence-electron chi connectivity index (χ1n) is 10.2. The molecule has 5 nitrogen and oxygen atoms in total. The Bertz CT molecular complexity index is 778. The van der Waals surface area contributed by atoms with Gasteiger partial charge in [-0.3, -0.25) is 9.69 Å². The minimum absolute atomic E-state index is 0.216. The summed E-state index contributed by atoms with van der Waals surface area (Å²) in [5.41, 5.74) is 3.58. The van der Waals surface area contributed by atoms with Gasteiger partial charge in [-0.05, 0) is 18.4 Å². The van der Waals surface area contributed by atoms with E-state index in [1.165, 1.54) is 36.8 Å². The molecule has 5 heteroatoms. The van der Waals surface area contributed by atoms with Crippen LogP contribution in [0.25, 0.3) is 0 Å². The number of benzene rings is 1. The van der Waals surface area contributed by atoms with E-state index in [-0.39, 0.29) is 5.91 Å². The minimum Gasteiger partial charge on any atom is -0.345 e. The number of aromatic nitrogens is 2. The fraction of sp³-hybridized carbons (Fsp3) is 0.545. The van der Waals surface area contributed by atoms with E-state index in [0.29, 0.717) is 13.1 Å². The quantitative estimate of drug-likeness (QED) is 0.853. The Kier molecular flexibility index (Phi) is 5.58. The van der Waals surface area contributed by atoms with Crippen LogP contribution in [-0.4, -0.2) is 45.3 Å². The van der Waals surface area contributed by atoms with Crippen molar-refractivity contribution in [3.63, 3.8) is 0 Å². The summed E-state index contributed by atoms with van der Waals surface area (Å²) in [4.78, 5) is 24.8. The lowest BCUT2D eigenvalue weighted by Crippen LogP contribution is -2.49. The van der Waals surface area contributed by atoms with Crippen molar-refractivity contribution in [1.82, 2.24) is 19.8 Å². The second kappa shape index (κ2) is 8.26. The number of rotatable bonds is 6. The summed E-state index contributed by atoms with van der Waals surface area (Å²) in [6.45, 7) is 5.77. The smallest absolute Gasteiger partial charge is 0.237 e. The van der Waals surface area contributed by atoms with Gasteiger partial charge in [-0.2, -0.15) is 0 Å². The molecular weight excluding hydrogens is 336 g/mol. The summed E-state index contributed by atoms with van der Waals surface area (Å²) in [5, 5.41) is 0. The first-order valence-corrected chi connectivity index (χ1v) is 10.2. The summed E-state index contributed by atoms with van der Waals surface area (Å²) in [7, 11) is 0. The molecule has 1 N–H and O–H groups in total. The molecule has 1 aromatic carbocycles. The van der Waals surface area contributed by atoms with Crippen molar-refractivity contribution >= 4 is 5.91 Å². The summed E-state index contributed by atoms with van der Waals surface area (Å²) >= 11 is 0. The Hall–Kier alpha value is -2.14. The minimum atomic E-state index is 0.216. The normalized spacial score (nSPS) is 19.1. The number of aromatic amines is 1. The van der Waals surface area contributed by atoms with Crippen LogP contribution in [0.4, 0.5) is 0 Å². The molecule has 1 saturated heterocycles. The number of H-pyrrole nitrogens is 1. The van der Waals surface area contributed by atoms with E-state index in [0.717, 1.165) is 43.5 Å². The standard InChI is InChI=1S/C22H30N4O/c1-17-5-4-8-19(11-17)14-26-10-9-25(16-22(26)27)15-20-13-23-21(24-20)12-18-6-2-3-7-18/h4-5,8,11,13,18H,2-3,6-7,9-10,12,14-16H2,1H3,(H,23,24). The summed E-state index contributed by atoms with van der Waals surface area (Å²) in [6.07, 6.45) is 8.44. The molecule has 2 fully saturated rings. The summed E-state index contributed by atoms with van der Waals surface area (Å²) in [5.74, 6) is 2.13. The number of piperazine rings is 1. The lowest BCUT2D eigenvalue weighted by Gasteiger charge is -2.34. The zero-order valence-corrected chi connectivity index (χ0v) is 16.3. The topological polar surface area (TPSA) is 52.2 Å². The second-order valence-corrected chi connectivity index (χ2v) is 8.22. The fourth-order valence-corrected chi connectivity index (χ4v) is 4.41. The number of aryl methyl sites for hydroxylation is 1. The molecule has 2 aromatic rings. The molecule has 144 valence electrons. The summed E-state index contributed by atoms with van der Waals surface area (Å²) < 4.78 is 0. The van der Waals surface area contributed by atoms with E-state index in [1.54, 1.807) is 0 Å². The van der Waals surface area contributed by atoms with Crippen LogP contribution in [-0.2, 0) is 24.3 Å². The number of imidazole rings is 1. The molecule has 1 aromatic heterocycles.